The second-order valence-corrected chi connectivity index (χ2v) is 3.91. The number of hydrogen-bond donors (Lipinski definition) is 0. The van der Waals surface area contributed by atoms with Gasteiger partial charge in [-0.15, -0.1) is 0 Å². The van der Waals surface area contributed by atoms with Gasteiger partial charge >= 0.3 is 0 Å². The Morgan fingerprint density at radius 2 is 1.53 bits per heavy atom. The van der Waals surface area contributed by atoms with Gasteiger partial charge in [-0.1, -0.05) is 40.5 Å². The lowest BCUT2D eigenvalue weighted by Crippen LogP contribution is -2.29. The number of nitriles is 1. The van der Waals surface area contributed by atoms with E-state index >= 15 is 0 Å². The zero-order valence-electron chi connectivity index (χ0n) is 11.1. The van der Waals surface area contributed by atoms with E-state index in [4.69, 9.17) is 10.00 Å². The molecule has 0 unspecified atom stereocenters. The van der Waals surface area contributed by atoms with Gasteiger partial charge in [0.25, 0.3) is 6.26 Å². The van der Waals surface area contributed by atoms with E-state index in [1.807, 2.05) is 20.8 Å². The van der Waals surface area contributed by atoms with Gasteiger partial charge in [0.05, 0.1) is 0 Å². The van der Waals surface area contributed by atoms with E-state index in [1.165, 1.54) is 25.7 Å². The minimum absolute atomic E-state index is 0.132. The fraction of sp³-hybridized carbons (Fsp3) is 0.923. The Hall–Kier alpha value is -0.710. The molecule has 0 spiro atoms. The van der Waals surface area contributed by atoms with Gasteiger partial charge in [-0.05, 0) is 32.6 Å². The SMILES string of the molecule is CC.CC1(OC#N)CCCCC1.CCC. The van der Waals surface area contributed by atoms with Gasteiger partial charge in [0.1, 0.15) is 5.60 Å². The fourth-order valence-corrected chi connectivity index (χ4v) is 1.51. The van der Waals surface area contributed by atoms with Crippen LogP contribution in [0.3, 0.4) is 0 Å². The average molecular weight is 213 g/mol. The van der Waals surface area contributed by atoms with Gasteiger partial charge in [-0.25, -0.2) is 0 Å². The van der Waals surface area contributed by atoms with E-state index < -0.39 is 0 Å². The van der Waals surface area contributed by atoms with E-state index in [2.05, 4.69) is 13.8 Å². The Kier molecular flexibility index (Phi) is 12.7. The monoisotopic (exact) mass is 213 g/mol. The minimum Gasteiger partial charge on any atom is -0.421 e. The largest absolute Gasteiger partial charge is 0.421 e. The lowest BCUT2D eigenvalue weighted by molar-refractivity contribution is 0.0178. The summed E-state index contributed by atoms with van der Waals surface area (Å²) in [5.74, 6) is 0. The lowest BCUT2D eigenvalue weighted by atomic mass is 9.86. The summed E-state index contributed by atoms with van der Waals surface area (Å²) in [6.07, 6.45) is 8.82. The van der Waals surface area contributed by atoms with Gasteiger partial charge in [0.2, 0.25) is 0 Å². The normalized spacial score (nSPS) is 17.1. The zero-order chi connectivity index (χ0) is 12.2. The van der Waals surface area contributed by atoms with Gasteiger partial charge in [-0.3, -0.25) is 0 Å². The van der Waals surface area contributed by atoms with Crippen LogP contribution in [0.4, 0.5) is 0 Å². The predicted octanol–water partition coefficient (Wildman–Crippen LogP) is 4.65. The molecule has 0 aromatic rings. The van der Waals surface area contributed by atoms with E-state index in [0.29, 0.717) is 0 Å². The third kappa shape index (κ3) is 9.59. The molecule has 0 atom stereocenters. The number of rotatable bonds is 1. The molecule has 1 aliphatic rings. The average Bonchev–Trinajstić information content (AvgIpc) is 2.23. The molecule has 1 saturated carbocycles. The molecule has 1 rings (SSSR count). The van der Waals surface area contributed by atoms with Crippen LogP contribution in [0.25, 0.3) is 0 Å². The lowest BCUT2D eigenvalue weighted by Gasteiger charge is -2.30. The molecule has 0 radical (unpaired) electrons. The molecular weight excluding hydrogens is 186 g/mol. The van der Waals surface area contributed by atoms with Crippen LogP contribution in [0.1, 0.15) is 73.1 Å². The van der Waals surface area contributed by atoms with Crippen LogP contribution in [-0.4, -0.2) is 5.60 Å². The molecule has 1 aliphatic carbocycles. The third-order valence-corrected chi connectivity index (χ3v) is 2.20. The molecular formula is C13H27NO. The summed E-state index contributed by atoms with van der Waals surface area (Å²) >= 11 is 0. The van der Waals surface area contributed by atoms with Gasteiger partial charge in [0.15, 0.2) is 0 Å². The van der Waals surface area contributed by atoms with Crippen molar-refractivity contribution < 1.29 is 4.74 Å². The second-order valence-electron chi connectivity index (χ2n) is 3.91. The first-order valence-electron chi connectivity index (χ1n) is 6.25. The first-order valence-corrected chi connectivity index (χ1v) is 6.25. The first-order chi connectivity index (χ1) is 7.18. The Balaban J connectivity index is 0. The van der Waals surface area contributed by atoms with Gasteiger partial charge in [-0.2, -0.15) is 5.26 Å². The minimum atomic E-state index is -0.132. The number of hydrogen-bond acceptors (Lipinski definition) is 2. The van der Waals surface area contributed by atoms with E-state index in [1.54, 1.807) is 6.26 Å². The molecule has 90 valence electrons. The standard InChI is InChI=1S/C8H13NO.C3H8.C2H6/c1-8(10-7-9)5-3-2-4-6-8;1-3-2;1-2/h2-6H2,1H3;3H2,1-2H3;1-2H3. The van der Waals surface area contributed by atoms with Crippen molar-refractivity contribution in [3.05, 3.63) is 0 Å². The molecule has 0 aliphatic heterocycles. The molecule has 2 nitrogen and oxygen atoms in total. The van der Waals surface area contributed by atoms with Crippen LogP contribution in [0, 0.1) is 11.5 Å². The van der Waals surface area contributed by atoms with Crippen molar-refractivity contribution in [1.29, 1.82) is 5.26 Å². The van der Waals surface area contributed by atoms with Gasteiger partial charge < -0.3 is 4.74 Å². The number of nitrogens with zero attached hydrogens (tertiary/aromatic N) is 1. The maximum Gasteiger partial charge on any atom is 0.286 e. The fourth-order valence-electron chi connectivity index (χ4n) is 1.51. The van der Waals surface area contributed by atoms with Crippen molar-refractivity contribution in [2.24, 2.45) is 0 Å². The van der Waals surface area contributed by atoms with Crippen molar-refractivity contribution >= 4 is 0 Å². The predicted molar refractivity (Wildman–Crippen MR) is 65.5 cm³/mol. The Labute approximate surface area is 95.6 Å². The van der Waals surface area contributed by atoms with Crippen molar-refractivity contribution in [3.63, 3.8) is 0 Å². The highest BCUT2D eigenvalue weighted by molar-refractivity contribution is 4.81. The summed E-state index contributed by atoms with van der Waals surface area (Å²) in [6.45, 7) is 10.3. The number of ether oxygens (including phenoxy) is 1. The Morgan fingerprint density at radius 3 is 1.87 bits per heavy atom. The van der Waals surface area contributed by atoms with Crippen LogP contribution in [0.2, 0.25) is 0 Å². The molecule has 0 N–H and O–H groups in total. The molecule has 2 heteroatoms. The maximum absolute atomic E-state index is 8.31. The summed E-state index contributed by atoms with van der Waals surface area (Å²) in [4.78, 5) is 0. The highest BCUT2D eigenvalue weighted by atomic mass is 16.5. The smallest absolute Gasteiger partial charge is 0.286 e. The van der Waals surface area contributed by atoms with Crippen molar-refractivity contribution in [1.82, 2.24) is 0 Å². The summed E-state index contributed by atoms with van der Waals surface area (Å²) in [5, 5.41) is 8.31. The highest BCUT2D eigenvalue weighted by Crippen LogP contribution is 2.30. The molecule has 0 aromatic heterocycles. The molecule has 0 heterocycles. The van der Waals surface area contributed by atoms with E-state index in [0.717, 1.165) is 12.8 Å². The highest BCUT2D eigenvalue weighted by Gasteiger charge is 2.28. The topological polar surface area (TPSA) is 33.0 Å². The summed E-state index contributed by atoms with van der Waals surface area (Å²) < 4.78 is 4.98. The molecule has 15 heavy (non-hydrogen) atoms. The molecule has 0 saturated heterocycles. The van der Waals surface area contributed by atoms with E-state index in [-0.39, 0.29) is 5.60 Å². The van der Waals surface area contributed by atoms with Crippen molar-refractivity contribution in [2.45, 2.75) is 78.7 Å². The maximum atomic E-state index is 8.31. The van der Waals surface area contributed by atoms with Crippen LogP contribution >= 0.6 is 0 Å². The van der Waals surface area contributed by atoms with Crippen molar-refractivity contribution in [2.75, 3.05) is 0 Å². The molecule has 1 fully saturated rings. The second kappa shape index (κ2) is 11.4. The van der Waals surface area contributed by atoms with Crippen LogP contribution in [0.15, 0.2) is 0 Å². The summed E-state index contributed by atoms with van der Waals surface area (Å²) in [5.41, 5.74) is -0.132. The molecule has 0 aromatic carbocycles. The van der Waals surface area contributed by atoms with Crippen LogP contribution in [0.5, 0.6) is 0 Å². The van der Waals surface area contributed by atoms with Crippen LogP contribution < -0.4 is 0 Å². The first kappa shape index (κ1) is 16.7. The van der Waals surface area contributed by atoms with Gasteiger partial charge in [0, 0.05) is 0 Å². The molecule has 0 amide bonds. The Bertz CT molecular complexity index is 154. The quantitative estimate of drug-likeness (QED) is 0.594. The molecule has 0 bridgehead atoms. The Morgan fingerprint density at radius 1 is 1.13 bits per heavy atom. The van der Waals surface area contributed by atoms with Crippen LogP contribution in [-0.2, 0) is 4.74 Å². The third-order valence-electron chi connectivity index (χ3n) is 2.20. The zero-order valence-corrected chi connectivity index (χ0v) is 11.1. The summed E-state index contributed by atoms with van der Waals surface area (Å²) in [6, 6.07) is 0. The summed E-state index contributed by atoms with van der Waals surface area (Å²) in [7, 11) is 0. The van der Waals surface area contributed by atoms with E-state index in [9.17, 15) is 0 Å². The van der Waals surface area contributed by atoms with Crippen molar-refractivity contribution in [3.8, 4) is 6.26 Å².